The predicted octanol–water partition coefficient (Wildman–Crippen LogP) is 4.25. The molecule has 3 N–H and O–H groups in total. The van der Waals surface area contributed by atoms with Crippen molar-refractivity contribution in [3.8, 4) is 28.3 Å². The van der Waals surface area contributed by atoms with Gasteiger partial charge in [0.1, 0.15) is 16.8 Å². The summed E-state index contributed by atoms with van der Waals surface area (Å²) in [4.78, 5) is 4.49. The smallest absolute Gasteiger partial charge is 0.202 e. The number of phenolic OH excluding ortho intramolecular Hbond substituents is 1. The highest BCUT2D eigenvalue weighted by molar-refractivity contribution is 5.85. The summed E-state index contributed by atoms with van der Waals surface area (Å²) < 4.78 is 1.89. The van der Waals surface area contributed by atoms with Gasteiger partial charge in [0, 0.05) is 22.2 Å². The molecule has 0 spiro atoms. The maximum Gasteiger partial charge on any atom is 0.202 e. The van der Waals surface area contributed by atoms with Gasteiger partial charge < -0.3 is 10.4 Å². The fourth-order valence-corrected chi connectivity index (χ4v) is 5.38. The topological polar surface area (TPSA) is 143 Å². The Hall–Kier alpha value is -3.41. The molecule has 4 aromatic heterocycles. The van der Waals surface area contributed by atoms with Gasteiger partial charge in [-0.25, -0.2) is 9.67 Å². The second-order valence-electron chi connectivity index (χ2n) is 10.5. The third-order valence-electron chi connectivity index (χ3n) is 6.50. The number of hydrogen-bond acceptors (Lipinski definition) is 9. The molecule has 1 aliphatic rings. The Bertz CT molecular complexity index is 1560. The number of hydrogen-bond donors (Lipinski definition) is 3. The normalized spacial score (nSPS) is 16.9. The summed E-state index contributed by atoms with van der Waals surface area (Å²) in [6, 6.07) is 11.0. The Labute approximate surface area is 225 Å². The molecule has 1 aliphatic heterocycles. The van der Waals surface area contributed by atoms with Gasteiger partial charge in [-0.05, 0) is 70.9 Å². The molecule has 37 heavy (non-hydrogen) atoms. The minimum atomic E-state index is -0.0291. The average molecular weight is 543 g/mol. The first-order valence-corrected chi connectivity index (χ1v) is 11.6. The van der Waals surface area contributed by atoms with E-state index < -0.39 is 0 Å². The molecule has 13 heteroatoms. The lowest BCUT2D eigenvalue weighted by Gasteiger charge is -2.46. The Kier molecular flexibility index (Phi) is 6.82. The number of rotatable bonds is 3. The van der Waals surface area contributed by atoms with Crippen LogP contribution in [0.15, 0.2) is 36.4 Å². The Morgan fingerprint density at radius 3 is 2.38 bits per heavy atom. The number of pyridine rings is 1. The van der Waals surface area contributed by atoms with Crippen LogP contribution in [0, 0.1) is 0 Å². The van der Waals surface area contributed by atoms with Crippen LogP contribution in [0.4, 0.5) is 0 Å². The zero-order chi connectivity index (χ0) is 24.4. The summed E-state index contributed by atoms with van der Waals surface area (Å²) in [6.45, 7) is 8.82. The lowest BCUT2D eigenvalue weighted by molar-refractivity contribution is 0.127. The van der Waals surface area contributed by atoms with Crippen LogP contribution in [0.1, 0.15) is 46.6 Å². The van der Waals surface area contributed by atoms with Crippen molar-refractivity contribution in [2.45, 2.75) is 57.7 Å². The summed E-state index contributed by atoms with van der Waals surface area (Å²) in [7, 11) is 0. The van der Waals surface area contributed by atoms with E-state index in [1.165, 1.54) is 0 Å². The summed E-state index contributed by atoms with van der Waals surface area (Å²) in [5.74, 6) is 0.0763. The number of nitrogens with one attached hydrogen (secondary N) is 2. The number of piperidine rings is 1. The molecule has 5 aromatic rings. The molecular formula is C24H28Cl2N10O. The summed E-state index contributed by atoms with van der Waals surface area (Å²) >= 11 is 0. The monoisotopic (exact) mass is 542 g/mol. The van der Waals surface area contributed by atoms with Gasteiger partial charge in [-0.1, -0.05) is 16.5 Å². The molecule has 0 amide bonds. The minimum Gasteiger partial charge on any atom is -0.507 e. The van der Waals surface area contributed by atoms with Crippen molar-refractivity contribution in [2.24, 2.45) is 0 Å². The first-order valence-electron chi connectivity index (χ1n) is 11.6. The predicted molar refractivity (Wildman–Crippen MR) is 145 cm³/mol. The maximum atomic E-state index is 10.8. The third-order valence-corrected chi connectivity index (χ3v) is 6.50. The highest BCUT2D eigenvalue weighted by Gasteiger charge is 2.39. The van der Waals surface area contributed by atoms with E-state index >= 15 is 0 Å². The lowest BCUT2D eigenvalue weighted by atomic mass is 9.80. The number of fused-ring (bicyclic) bond motifs is 2. The Morgan fingerprint density at radius 2 is 1.65 bits per heavy atom. The molecule has 0 unspecified atom stereocenters. The largest absolute Gasteiger partial charge is 0.507 e. The molecule has 1 aromatic carbocycles. The van der Waals surface area contributed by atoms with E-state index in [0.29, 0.717) is 33.8 Å². The van der Waals surface area contributed by atoms with Crippen LogP contribution in [0.2, 0.25) is 0 Å². The molecule has 0 atom stereocenters. The number of benzene rings is 1. The van der Waals surface area contributed by atoms with Crippen molar-refractivity contribution in [1.29, 1.82) is 0 Å². The molecular weight excluding hydrogens is 515 g/mol. The van der Waals surface area contributed by atoms with Gasteiger partial charge in [-0.15, -0.1) is 45.2 Å². The molecule has 0 radical (unpaired) electrons. The molecule has 5 heterocycles. The SMILES string of the molecule is CC1(C)CC(n2nnc3cc(-c4ccc(-c5ccc6[nH]nnc6n5)cc4O)nnc32)CC(C)(C)N1.Cl.Cl. The van der Waals surface area contributed by atoms with E-state index in [9.17, 15) is 5.11 Å². The number of nitrogens with zero attached hydrogens (tertiary/aromatic N) is 8. The lowest BCUT2D eigenvalue weighted by Crippen LogP contribution is -2.58. The fourth-order valence-electron chi connectivity index (χ4n) is 5.38. The molecule has 0 aliphatic carbocycles. The molecule has 1 saturated heterocycles. The van der Waals surface area contributed by atoms with E-state index in [0.717, 1.165) is 23.9 Å². The molecule has 194 valence electrons. The van der Waals surface area contributed by atoms with Crippen molar-refractivity contribution in [3.05, 3.63) is 36.4 Å². The standard InChI is InChI=1S/C24H26N10O.2ClH/c1-23(2)11-14(12-24(3,4)31-23)34-22-19(28-33-34)10-18(26-30-22)15-6-5-13(9-20(15)35)16-7-8-17-21(25-16)29-32-27-17;;/h5-10,14,31,35H,11-12H2,1-4H3,(H,25,27,29,32);2*1H. The highest BCUT2D eigenvalue weighted by Crippen LogP contribution is 2.37. The second kappa shape index (κ2) is 9.47. The van der Waals surface area contributed by atoms with Crippen molar-refractivity contribution < 1.29 is 5.11 Å². The third kappa shape index (κ3) is 4.94. The number of H-pyrrole nitrogens is 1. The van der Waals surface area contributed by atoms with Crippen LogP contribution in [0.5, 0.6) is 5.75 Å². The van der Waals surface area contributed by atoms with E-state index in [4.69, 9.17) is 0 Å². The summed E-state index contributed by atoms with van der Waals surface area (Å²) in [6.07, 6.45) is 1.82. The van der Waals surface area contributed by atoms with Gasteiger partial charge in [0.2, 0.25) is 11.3 Å². The second-order valence-corrected chi connectivity index (χ2v) is 10.5. The van der Waals surface area contributed by atoms with Gasteiger partial charge >= 0.3 is 0 Å². The number of phenols is 1. The van der Waals surface area contributed by atoms with Gasteiger partial charge in [-0.2, -0.15) is 0 Å². The van der Waals surface area contributed by atoms with Crippen LogP contribution in [-0.2, 0) is 0 Å². The number of aromatic hydroxyl groups is 1. The van der Waals surface area contributed by atoms with E-state index in [1.807, 2.05) is 28.9 Å². The highest BCUT2D eigenvalue weighted by atomic mass is 35.5. The quantitative estimate of drug-likeness (QED) is 0.304. The van der Waals surface area contributed by atoms with Gasteiger partial charge in [-0.3, -0.25) is 5.10 Å². The number of aromatic nitrogens is 9. The van der Waals surface area contributed by atoms with Crippen LogP contribution in [0.3, 0.4) is 0 Å². The molecule has 6 rings (SSSR count). The summed E-state index contributed by atoms with van der Waals surface area (Å²) in [5, 5.41) is 42.7. The van der Waals surface area contributed by atoms with Crippen LogP contribution < -0.4 is 5.32 Å². The number of aromatic amines is 1. The zero-order valence-corrected chi connectivity index (χ0v) is 22.4. The van der Waals surface area contributed by atoms with Crippen LogP contribution >= 0.6 is 24.8 Å². The van der Waals surface area contributed by atoms with E-state index in [-0.39, 0.29) is 47.7 Å². The van der Waals surface area contributed by atoms with E-state index in [2.05, 4.69) is 73.9 Å². The average Bonchev–Trinajstić information content (AvgIpc) is 3.43. The zero-order valence-electron chi connectivity index (χ0n) is 20.8. The van der Waals surface area contributed by atoms with Crippen molar-refractivity contribution in [1.82, 2.24) is 50.9 Å². The molecule has 0 bridgehead atoms. The first kappa shape index (κ1) is 26.6. The van der Waals surface area contributed by atoms with Gasteiger partial charge in [0.15, 0.2) is 0 Å². The molecule has 1 fully saturated rings. The minimum absolute atomic E-state index is 0. The van der Waals surface area contributed by atoms with Crippen LogP contribution in [0.25, 0.3) is 44.8 Å². The van der Waals surface area contributed by atoms with Crippen molar-refractivity contribution in [2.75, 3.05) is 0 Å². The van der Waals surface area contributed by atoms with Crippen LogP contribution in [-0.4, -0.2) is 61.8 Å². The number of halogens is 2. The molecule has 11 nitrogen and oxygen atoms in total. The van der Waals surface area contributed by atoms with Gasteiger partial charge in [0.25, 0.3) is 0 Å². The molecule has 0 saturated carbocycles. The summed E-state index contributed by atoms with van der Waals surface area (Å²) in [5.41, 5.74) is 5.03. The maximum absolute atomic E-state index is 10.8. The van der Waals surface area contributed by atoms with E-state index in [1.54, 1.807) is 12.1 Å². The van der Waals surface area contributed by atoms with Crippen molar-refractivity contribution >= 4 is 47.1 Å². The Morgan fingerprint density at radius 1 is 0.892 bits per heavy atom. The first-order chi connectivity index (χ1) is 16.7. The van der Waals surface area contributed by atoms with Gasteiger partial charge in [0.05, 0.1) is 17.4 Å². The Balaban J connectivity index is 0.00000160. The fraction of sp³-hybridized carbons (Fsp3) is 0.375. The van der Waals surface area contributed by atoms with Crippen molar-refractivity contribution in [3.63, 3.8) is 0 Å².